The van der Waals surface area contributed by atoms with Gasteiger partial charge in [-0.05, 0) is 35.9 Å². The molecule has 0 aliphatic heterocycles. The number of nitriles is 1. The topological polar surface area (TPSA) is 71.5 Å². The van der Waals surface area contributed by atoms with E-state index >= 15 is 0 Å². The van der Waals surface area contributed by atoms with Gasteiger partial charge in [-0.25, -0.2) is 10.1 Å². The minimum Gasteiger partial charge on any atom is -0.379 e. The molecule has 0 aromatic heterocycles. The molecule has 0 aliphatic rings. The second-order valence-corrected chi connectivity index (χ2v) is 5.72. The minimum absolute atomic E-state index is 0.0504. The smallest absolute Gasteiger partial charge is 0.339 e. The summed E-state index contributed by atoms with van der Waals surface area (Å²) < 4.78 is 29.1. The monoisotopic (exact) mass is 310 g/mol. The summed E-state index contributed by atoms with van der Waals surface area (Å²) in [5.41, 5.74) is 0.558. The lowest BCUT2D eigenvalue weighted by Crippen LogP contribution is -2.09. The van der Waals surface area contributed by atoms with E-state index in [1.54, 1.807) is 36.4 Å². The molecule has 22 heavy (non-hydrogen) atoms. The van der Waals surface area contributed by atoms with E-state index in [9.17, 15) is 8.42 Å². The molecule has 0 amide bonds. The predicted molar refractivity (Wildman–Crippen MR) is 80.9 cm³/mol. The molecule has 0 fully saturated rings. The predicted octanol–water partition coefficient (Wildman–Crippen LogP) is 3.24. The van der Waals surface area contributed by atoms with E-state index in [1.165, 1.54) is 30.3 Å². The molecule has 0 heterocycles. The number of hydrogen-bond acceptors (Lipinski definition) is 4. The van der Waals surface area contributed by atoms with Crippen molar-refractivity contribution in [3.05, 3.63) is 77.3 Å². The van der Waals surface area contributed by atoms with Crippen LogP contribution in [0.3, 0.4) is 0 Å². The minimum atomic E-state index is -3.87. The largest absolute Gasteiger partial charge is 0.379 e. The van der Waals surface area contributed by atoms with Gasteiger partial charge in [0.25, 0.3) is 5.70 Å². The Bertz CT molecular complexity index is 856. The second kappa shape index (κ2) is 6.57. The summed E-state index contributed by atoms with van der Waals surface area (Å²) in [6.07, 6.45) is 1.41. The van der Waals surface area contributed by atoms with Gasteiger partial charge in [0.1, 0.15) is 10.6 Å². The number of benzene rings is 2. The van der Waals surface area contributed by atoms with Crippen LogP contribution in [-0.4, -0.2) is 8.42 Å². The molecule has 2 aromatic rings. The highest BCUT2D eigenvalue weighted by Gasteiger charge is 2.15. The van der Waals surface area contributed by atoms with E-state index in [2.05, 4.69) is 4.85 Å². The maximum absolute atomic E-state index is 12.0. The van der Waals surface area contributed by atoms with E-state index in [4.69, 9.17) is 16.0 Å². The van der Waals surface area contributed by atoms with E-state index in [0.29, 0.717) is 5.56 Å². The van der Waals surface area contributed by atoms with Crippen molar-refractivity contribution in [2.24, 2.45) is 0 Å². The lowest BCUT2D eigenvalue weighted by Gasteiger charge is -2.07. The van der Waals surface area contributed by atoms with Crippen LogP contribution in [-0.2, 0) is 10.1 Å². The molecule has 0 unspecified atom stereocenters. The van der Waals surface area contributed by atoms with E-state index in [-0.39, 0.29) is 16.3 Å². The highest BCUT2D eigenvalue weighted by atomic mass is 32.2. The molecule has 108 valence electrons. The van der Waals surface area contributed by atoms with Gasteiger partial charge in [-0.2, -0.15) is 8.42 Å². The van der Waals surface area contributed by atoms with Gasteiger partial charge in [0.05, 0.1) is 12.6 Å². The van der Waals surface area contributed by atoms with Crippen LogP contribution in [0.4, 0.5) is 0 Å². The summed E-state index contributed by atoms with van der Waals surface area (Å²) in [5, 5.41) is 8.68. The highest BCUT2D eigenvalue weighted by molar-refractivity contribution is 7.87. The Morgan fingerprint density at radius 2 is 1.77 bits per heavy atom. The van der Waals surface area contributed by atoms with Gasteiger partial charge in [-0.3, -0.25) is 0 Å². The molecule has 0 saturated carbocycles. The number of allylic oxidation sites excluding steroid dienone is 1. The summed E-state index contributed by atoms with van der Waals surface area (Å²) in [7, 11) is -3.87. The zero-order chi connectivity index (χ0) is 16.0. The number of rotatable bonds is 4. The lowest BCUT2D eigenvalue weighted by molar-refractivity contribution is 0.486. The van der Waals surface area contributed by atoms with E-state index < -0.39 is 10.1 Å². The summed E-state index contributed by atoms with van der Waals surface area (Å²) in [6.45, 7) is 6.79. The molecule has 0 atom stereocenters. The summed E-state index contributed by atoms with van der Waals surface area (Å²) in [6, 6.07) is 15.6. The van der Waals surface area contributed by atoms with Gasteiger partial charge in [0, 0.05) is 0 Å². The fourth-order valence-electron chi connectivity index (χ4n) is 1.63. The third kappa shape index (κ3) is 3.72. The first-order chi connectivity index (χ1) is 10.5. The molecule has 0 saturated heterocycles. The number of hydrogen-bond donors (Lipinski definition) is 0. The zero-order valence-corrected chi connectivity index (χ0v) is 12.1. The van der Waals surface area contributed by atoms with Gasteiger partial charge < -0.3 is 4.18 Å². The molecule has 0 N–H and O–H groups in total. The Morgan fingerprint density at radius 1 is 1.14 bits per heavy atom. The maximum Gasteiger partial charge on any atom is 0.339 e. The fraction of sp³-hybridized carbons (Fsp3) is 0. The summed E-state index contributed by atoms with van der Waals surface area (Å²) in [5.74, 6) is 0.155. The molecule has 0 radical (unpaired) electrons. The van der Waals surface area contributed by atoms with E-state index in [1.807, 2.05) is 0 Å². The fourth-order valence-corrected chi connectivity index (χ4v) is 2.58. The van der Waals surface area contributed by atoms with Crippen molar-refractivity contribution in [2.75, 3.05) is 0 Å². The molecule has 2 rings (SSSR count). The normalized spacial score (nSPS) is 11.3. The van der Waals surface area contributed by atoms with Crippen LogP contribution < -0.4 is 4.18 Å². The lowest BCUT2D eigenvalue weighted by atomic mass is 10.2. The number of nitrogens with zero attached hydrogens (tertiary/aromatic N) is 2. The molecule has 0 aliphatic carbocycles. The van der Waals surface area contributed by atoms with Gasteiger partial charge in [0.2, 0.25) is 0 Å². The summed E-state index contributed by atoms with van der Waals surface area (Å²) >= 11 is 0. The quantitative estimate of drug-likeness (QED) is 0.494. The van der Waals surface area contributed by atoms with Crippen LogP contribution in [0.1, 0.15) is 5.56 Å². The van der Waals surface area contributed by atoms with Crippen molar-refractivity contribution in [1.29, 1.82) is 5.26 Å². The average molecular weight is 310 g/mol. The van der Waals surface area contributed by atoms with Crippen LogP contribution in [0.15, 0.2) is 65.2 Å². The van der Waals surface area contributed by atoms with Crippen molar-refractivity contribution in [3.8, 4) is 11.8 Å². The molecular formula is C16H10N2O3S. The van der Waals surface area contributed by atoms with Crippen molar-refractivity contribution in [3.63, 3.8) is 0 Å². The van der Waals surface area contributed by atoms with Crippen LogP contribution in [0.25, 0.3) is 10.9 Å². The SMILES string of the molecule is [C-]#[N+]/C(C#N)=C\c1ccc(OS(=O)(=O)c2ccccc2)cc1. The highest BCUT2D eigenvalue weighted by Crippen LogP contribution is 2.20. The molecule has 6 heteroatoms. The third-order valence-corrected chi connectivity index (χ3v) is 3.92. The van der Waals surface area contributed by atoms with Crippen molar-refractivity contribution < 1.29 is 12.6 Å². The first-order valence-electron chi connectivity index (χ1n) is 6.14. The van der Waals surface area contributed by atoms with E-state index in [0.717, 1.165) is 0 Å². The molecular weight excluding hydrogens is 300 g/mol. The van der Waals surface area contributed by atoms with Crippen LogP contribution in [0.5, 0.6) is 5.75 Å². The Balaban J connectivity index is 2.21. The Kier molecular flexibility index (Phi) is 4.57. The standard InChI is InChI=1S/C16H10N2O3S/c1-18-14(12-17)11-13-7-9-15(10-8-13)21-22(19,20)16-5-3-2-4-6-16/h2-11H/b14-11-. The Labute approximate surface area is 128 Å². The maximum atomic E-state index is 12.0. The molecule has 5 nitrogen and oxygen atoms in total. The van der Waals surface area contributed by atoms with Gasteiger partial charge in [0.15, 0.2) is 0 Å². The Morgan fingerprint density at radius 3 is 2.32 bits per heavy atom. The van der Waals surface area contributed by atoms with Crippen molar-refractivity contribution in [1.82, 2.24) is 0 Å². The third-order valence-electron chi connectivity index (χ3n) is 2.66. The molecule has 2 aromatic carbocycles. The van der Waals surface area contributed by atoms with Crippen molar-refractivity contribution in [2.45, 2.75) is 4.90 Å². The van der Waals surface area contributed by atoms with Gasteiger partial charge in [-0.1, -0.05) is 30.3 Å². The summed E-state index contributed by atoms with van der Waals surface area (Å²) in [4.78, 5) is 3.11. The van der Waals surface area contributed by atoms with Gasteiger partial charge in [-0.15, -0.1) is 0 Å². The zero-order valence-electron chi connectivity index (χ0n) is 11.3. The first-order valence-corrected chi connectivity index (χ1v) is 7.55. The van der Waals surface area contributed by atoms with Crippen LogP contribution in [0.2, 0.25) is 0 Å². The second-order valence-electron chi connectivity index (χ2n) is 4.17. The van der Waals surface area contributed by atoms with Crippen LogP contribution in [0, 0.1) is 17.9 Å². The average Bonchev–Trinajstić information content (AvgIpc) is 2.54. The molecule has 0 bridgehead atoms. The molecule has 0 spiro atoms. The Hall–Kier alpha value is -3.09. The van der Waals surface area contributed by atoms with Gasteiger partial charge >= 0.3 is 10.1 Å². The van der Waals surface area contributed by atoms with Crippen LogP contribution >= 0.6 is 0 Å². The van der Waals surface area contributed by atoms with Crippen molar-refractivity contribution >= 4 is 16.2 Å². The first kappa shape index (κ1) is 15.3.